The molecule has 2 fully saturated rings. The van der Waals surface area contributed by atoms with E-state index in [0.29, 0.717) is 50.4 Å². The average molecular weight is 441 g/mol. The largest absolute Gasteiger partial charge is 0.491 e. The van der Waals surface area contributed by atoms with Crippen LogP contribution in [0.2, 0.25) is 0 Å². The highest BCUT2D eigenvalue weighted by molar-refractivity contribution is 5.96. The molecular formula is C25H23N5O3. The molecule has 0 radical (unpaired) electrons. The van der Waals surface area contributed by atoms with E-state index in [-0.39, 0.29) is 5.41 Å². The number of rotatable bonds is 6. The average Bonchev–Trinajstić information content (AvgIpc) is 3.42. The van der Waals surface area contributed by atoms with Crippen LogP contribution in [0.25, 0.3) is 33.3 Å². The number of ether oxygens (including phenoxy) is 3. The van der Waals surface area contributed by atoms with Crippen molar-refractivity contribution in [3.63, 3.8) is 0 Å². The molecular weight excluding hydrogens is 418 g/mol. The SMILES string of the molecule is CC1(COc2ccc(-c3c[nH]c4ncc(-c5cnn(C6COC6)c5)cc34)cc2C#N)COC1. The molecule has 166 valence electrons. The first kappa shape index (κ1) is 20.0. The molecule has 33 heavy (non-hydrogen) atoms. The summed E-state index contributed by atoms with van der Waals surface area (Å²) in [4.78, 5) is 7.85. The van der Waals surface area contributed by atoms with Crippen LogP contribution in [-0.2, 0) is 9.47 Å². The second kappa shape index (κ2) is 7.73. The minimum absolute atomic E-state index is 0.0176. The summed E-state index contributed by atoms with van der Waals surface area (Å²) in [5, 5.41) is 15.2. The highest BCUT2D eigenvalue weighted by Crippen LogP contribution is 2.34. The predicted molar refractivity (Wildman–Crippen MR) is 122 cm³/mol. The van der Waals surface area contributed by atoms with Crippen LogP contribution in [0, 0.1) is 16.7 Å². The van der Waals surface area contributed by atoms with E-state index in [1.807, 2.05) is 47.7 Å². The fourth-order valence-corrected chi connectivity index (χ4v) is 4.16. The zero-order valence-electron chi connectivity index (χ0n) is 18.2. The normalized spacial score (nSPS) is 17.3. The van der Waals surface area contributed by atoms with Crippen molar-refractivity contribution in [1.29, 1.82) is 5.26 Å². The first-order chi connectivity index (χ1) is 16.1. The zero-order chi connectivity index (χ0) is 22.4. The van der Waals surface area contributed by atoms with Crippen LogP contribution >= 0.6 is 0 Å². The van der Waals surface area contributed by atoms with Crippen LogP contribution < -0.4 is 4.74 Å². The maximum atomic E-state index is 9.73. The van der Waals surface area contributed by atoms with Gasteiger partial charge in [-0.25, -0.2) is 4.98 Å². The maximum Gasteiger partial charge on any atom is 0.137 e. The highest BCUT2D eigenvalue weighted by atomic mass is 16.5. The lowest BCUT2D eigenvalue weighted by atomic mass is 9.90. The molecule has 0 amide bonds. The van der Waals surface area contributed by atoms with Gasteiger partial charge in [0.15, 0.2) is 0 Å². The lowest BCUT2D eigenvalue weighted by Crippen LogP contribution is -2.44. The minimum atomic E-state index is 0.0176. The monoisotopic (exact) mass is 441 g/mol. The second-order valence-corrected chi connectivity index (χ2v) is 9.14. The van der Waals surface area contributed by atoms with Crippen molar-refractivity contribution in [2.75, 3.05) is 33.0 Å². The van der Waals surface area contributed by atoms with Gasteiger partial charge in [0.25, 0.3) is 0 Å². The summed E-state index contributed by atoms with van der Waals surface area (Å²) < 4.78 is 18.5. The van der Waals surface area contributed by atoms with Gasteiger partial charge in [-0.3, -0.25) is 4.68 Å². The smallest absolute Gasteiger partial charge is 0.137 e. The van der Waals surface area contributed by atoms with E-state index in [2.05, 4.69) is 34.1 Å². The Morgan fingerprint density at radius 3 is 2.79 bits per heavy atom. The van der Waals surface area contributed by atoms with Crippen LogP contribution in [0.15, 0.2) is 49.1 Å². The quantitative estimate of drug-likeness (QED) is 0.487. The molecule has 0 bridgehead atoms. The summed E-state index contributed by atoms with van der Waals surface area (Å²) in [5.74, 6) is 0.598. The number of fused-ring (bicyclic) bond motifs is 1. The summed E-state index contributed by atoms with van der Waals surface area (Å²) in [6.07, 6.45) is 7.68. The summed E-state index contributed by atoms with van der Waals surface area (Å²) in [5.41, 5.74) is 5.25. The molecule has 2 saturated heterocycles. The van der Waals surface area contributed by atoms with Crippen molar-refractivity contribution in [2.24, 2.45) is 5.41 Å². The molecule has 2 aliphatic heterocycles. The zero-order valence-corrected chi connectivity index (χ0v) is 18.2. The lowest BCUT2D eigenvalue weighted by molar-refractivity contribution is -0.120. The minimum Gasteiger partial charge on any atom is -0.491 e. The first-order valence-corrected chi connectivity index (χ1v) is 11.0. The van der Waals surface area contributed by atoms with Gasteiger partial charge in [-0.1, -0.05) is 13.0 Å². The number of nitrogens with one attached hydrogen (secondary N) is 1. The van der Waals surface area contributed by atoms with Crippen LogP contribution in [0.3, 0.4) is 0 Å². The number of benzene rings is 1. The number of hydrogen-bond acceptors (Lipinski definition) is 6. The molecule has 0 unspecified atom stereocenters. The Bertz CT molecular complexity index is 1370. The number of H-pyrrole nitrogens is 1. The maximum absolute atomic E-state index is 9.73. The van der Waals surface area contributed by atoms with E-state index in [0.717, 1.165) is 33.3 Å². The standard InChI is InChI=1S/C25H23N5O3/c1-25(13-32-14-25)15-33-23-3-2-16(4-17(23)6-26)22-9-28-24-21(22)5-18(7-27-24)19-8-29-30(10-19)20-11-31-12-20/h2-5,7-10,20H,11-15H2,1H3,(H,27,28). The molecule has 5 heterocycles. The van der Waals surface area contributed by atoms with Crippen molar-refractivity contribution >= 4 is 11.0 Å². The molecule has 6 rings (SSSR count). The Morgan fingerprint density at radius 1 is 1.18 bits per heavy atom. The molecule has 0 spiro atoms. The van der Waals surface area contributed by atoms with E-state index in [9.17, 15) is 5.26 Å². The Morgan fingerprint density at radius 2 is 2.06 bits per heavy atom. The fourth-order valence-electron chi connectivity index (χ4n) is 4.16. The van der Waals surface area contributed by atoms with Gasteiger partial charge in [0, 0.05) is 46.1 Å². The van der Waals surface area contributed by atoms with Crippen molar-refractivity contribution < 1.29 is 14.2 Å². The molecule has 8 heteroatoms. The van der Waals surface area contributed by atoms with Crippen molar-refractivity contribution in [1.82, 2.24) is 19.7 Å². The molecule has 0 atom stereocenters. The van der Waals surface area contributed by atoms with E-state index < -0.39 is 0 Å². The number of nitrogens with zero attached hydrogens (tertiary/aromatic N) is 4. The Kier molecular flexibility index (Phi) is 4.68. The number of pyridine rings is 1. The van der Waals surface area contributed by atoms with Gasteiger partial charge in [0.1, 0.15) is 17.5 Å². The van der Waals surface area contributed by atoms with E-state index in [1.54, 1.807) is 0 Å². The van der Waals surface area contributed by atoms with E-state index >= 15 is 0 Å². The predicted octanol–water partition coefficient (Wildman–Crippen LogP) is 3.95. The van der Waals surface area contributed by atoms with Crippen molar-refractivity contribution in [3.05, 3.63) is 54.6 Å². The third-order valence-corrected chi connectivity index (χ3v) is 6.35. The van der Waals surface area contributed by atoms with Gasteiger partial charge in [-0.15, -0.1) is 0 Å². The number of aromatic amines is 1. The van der Waals surface area contributed by atoms with E-state index in [1.165, 1.54) is 0 Å². The fraction of sp³-hybridized carbons (Fsp3) is 0.320. The van der Waals surface area contributed by atoms with Crippen molar-refractivity contribution in [2.45, 2.75) is 13.0 Å². The number of hydrogen-bond donors (Lipinski definition) is 1. The van der Waals surface area contributed by atoms with Crippen LogP contribution in [0.4, 0.5) is 0 Å². The summed E-state index contributed by atoms with van der Waals surface area (Å²) >= 11 is 0. The Labute approximate surface area is 190 Å². The van der Waals surface area contributed by atoms with Gasteiger partial charge < -0.3 is 19.2 Å². The van der Waals surface area contributed by atoms with Gasteiger partial charge in [-0.2, -0.15) is 10.4 Å². The molecule has 1 N–H and O–H groups in total. The highest BCUT2D eigenvalue weighted by Gasteiger charge is 2.34. The Balaban J connectivity index is 1.31. The molecule has 2 aliphatic rings. The molecule has 0 aliphatic carbocycles. The molecule has 0 saturated carbocycles. The second-order valence-electron chi connectivity index (χ2n) is 9.14. The van der Waals surface area contributed by atoms with Gasteiger partial charge in [0.05, 0.1) is 50.8 Å². The van der Waals surface area contributed by atoms with Gasteiger partial charge in [0.2, 0.25) is 0 Å². The summed E-state index contributed by atoms with van der Waals surface area (Å²) in [7, 11) is 0. The van der Waals surface area contributed by atoms with Gasteiger partial charge in [-0.05, 0) is 23.8 Å². The summed E-state index contributed by atoms with van der Waals surface area (Å²) in [6, 6.07) is 10.4. The third kappa shape index (κ3) is 3.55. The molecule has 8 nitrogen and oxygen atoms in total. The third-order valence-electron chi connectivity index (χ3n) is 6.35. The molecule has 1 aromatic carbocycles. The van der Waals surface area contributed by atoms with Gasteiger partial charge >= 0.3 is 0 Å². The summed E-state index contributed by atoms with van der Waals surface area (Å²) in [6.45, 7) is 5.43. The lowest BCUT2D eigenvalue weighted by Gasteiger charge is -2.37. The molecule has 4 aromatic rings. The Hall–Kier alpha value is -3.67. The number of nitriles is 1. The topological polar surface area (TPSA) is 98.0 Å². The van der Waals surface area contributed by atoms with Crippen molar-refractivity contribution in [3.8, 4) is 34.1 Å². The van der Waals surface area contributed by atoms with Crippen LogP contribution in [0.5, 0.6) is 5.75 Å². The number of aromatic nitrogens is 4. The van der Waals surface area contributed by atoms with E-state index in [4.69, 9.17) is 14.2 Å². The van der Waals surface area contributed by atoms with Crippen LogP contribution in [0.1, 0.15) is 18.5 Å². The molecule has 3 aromatic heterocycles. The van der Waals surface area contributed by atoms with Crippen LogP contribution in [-0.4, -0.2) is 52.8 Å². The first-order valence-electron chi connectivity index (χ1n) is 11.0.